The fraction of sp³-hybridized carbons (Fsp3) is 0.474. The number of piperidine rings is 1. The van der Waals surface area contributed by atoms with Gasteiger partial charge in [-0.25, -0.2) is 4.98 Å². The highest BCUT2D eigenvalue weighted by molar-refractivity contribution is 5.95. The lowest BCUT2D eigenvalue weighted by Gasteiger charge is -2.32. The number of nitrogens with zero attached hydrogens (tertiary/aromatic N) is 2. The maximum absolute atomic E-state index is 12.6. The second-order valence-corrected chi connectivity index (χ2v) is 6.40. The van der Waals surface area contributed by atoms with Crippen molar-refractivity contribution < 1.29 is 9.21 Å². The summed E-state index contributed by atoms with van der Waals surface area (Å²) in [6.07, 6.45) is 4.84. The van der Waals surface area contributed by atoms with Crippen molar-refractivity contribution in [2.24, 2.45) is 0 Å². The standard InChI is InChI=1S/C19H25N3O2/c1-3-10-22-11-8-15(9-12-22)21-19(23)16-6-7-17(20-14(16)2)18-5-4-13-24-18/h4-7,13,15H,3,8-12H2,1-2H3,(H,21,23). The monoisotopic (exact) mass is 327 g/mol. The molecule has 3 heterocycles. The minimum absolute atomic E-state index is 0.0278. The largest absolute Gasteiger partial charge is 0.463 e. The van der Waals surface area contributed by atoms with Crippen molar-refractivity contribution in [3.8, 4) is 11.5 Å². The smallest absolute Gasteiger partial charge is 0.253 e. The van der Waals surface area contributed by atoms with Crippen LogP contribution in [0.3, 0.4) is 0 Å². The minimum atomic E-state index is -0.0278. The van der Waals surface area contributed by atoms with Crippen LogP contribution in [-0.2, 0) is 0 Å². The van der Waals surface area contributed by atoms with E-state index in [0.717, 1.165) is 43.9 Å². The summed E-state index contributed by atoms with van der Waals surface area (Å²) in [5.41, 5.74) is 2.12. The summed E-state index contributed by atoms with van der Waals surface area (Å²) in [4.78, 5) is 19.5. The number of pyridine rings is 1. The molecule has 1 aliphatic rings. The number of hydrogen-bond donors (Lipinski definition) is 1. The van der Waals surface area contributed by atoms with Crippen LogP contribution in [0, 0.1) is 6.92 Å². The van der Waals surface area contributed by atoms with Crippen molar-refractivity contribution in [1.29, 1.82) is 0 Å². The summed E-state index contributed by atoms with van der Waals surface area (Å²) in [6.45, 7) is 7.35. The van der Waals surface area contributed by atoms with Gasteiger partial charge >= 0.3 is 0 Å². The topological polar surface area (TPSA) is 58.4 Å². The molecule has 5 heteroatoms. The molecule has 2 aromatic rings. The zero-order valence-electron chi connectivity index (χ0n) is 14.4. The lowest BCUT2D eigenvalue weighted by molar-refractivity contribution is 0.0910. The van der Waals surface area contributed by atoms with Gasteiger partial charge in [0.25, 0.3) is 5.91 Å². The van der Waals surface area contributed by atoms with Crippen molar-refractivity contribution in [3.05, 3.63) is 41.8 Å². The average molecular weight is 327 g/mol. The van der Waals surface area contributed by atoms with Crippen LogP contribution in [0.15, 0.2) is 34.9 Å². The van der Waals surface area contributed by atoms with E-state index in [2.05, 4.69) is 22.1 Å². The molecule has 2 aromatic heterocycles. The Labute approximate surface area is 143 Å². The Hall–Kier alpha value is -2.14. The van der Waals surface area contributed by atoms with Gasteiger partial charge in [0.2, 0.25) is 0 Å². The summed E-state index contributed by atoms with van der Waals surface area (Å²) in [6, 6.07) is 7.63. The van der Waals surface area contributed by atoms with Gasteiger partial charge in [-0.2, -0.15) is 0 Å². The van der Waals surface area contributed by atoms with E-state index >= 15 is 0 Å². The fourth-order valence-corrected chi connectivity index (χ4v) is 3.24. The second-order valence-electron chi connectivity index (χ2n) is 6.40. The number of rotatable bonds is 5. The number of likely N-dealkylation sites (tertiary alicyclic amines) is 1. The van der Waals surface area contributed by atoms with E-state index in [4.69, 9.17) is 4.42 Å². The Morgan fingerprint density at radius 2 is 2.12 bits per heavy atom. The first kappa shape index (κ1) is 16.7. The first-order valence-electron chi connectivity index (χ1n) is 8.72. The molecule has 3 rings (SSSR count). The first-order valence-corrected chi connectivity index (χ1v) is 8.72. The van der Waals surface area contributed by atoms with E-state index in [-0.39, 0.29) is 11.9 Å². The van der Waals surface area contributed by atoms with E-state index < -0.39 is 0 Å². The van der Waals surface area contributed by atoms with Crippen molar-refractivity contribution in [3.63, 3.8) is 0 Å². The molecule has 0 aliphatic carbocycles. The molecule has 0 radical (unpaired) electrons. The molecule has 0 bridgehead atoms. The van der Waals surface area contributed by atoms with Gasteiger partial charge in [-0.05, 0) is 57.0 Å². The van der Waals surface area contributed by atoms with Crippen LogP contribution >= 0.6 is 0 Å². The normalized spacial score (nSPS) is 16.2. The first-order chi connectivity index (χ1) is 11.7. The fourth-order valence-electron chi connectivity index (χ4n) is 3.24. The summed E-state index contributed by atoms with van der Waals surface area (Å²) in [5, 5.41) is 3.16. The highest BCUT2D eigenvalue weighted by Gasteiger charge is 2.21. The summed E-state index contributed by atoms with van der Waals surface area (Å²) in [7, 11) is 0. The second kappa shape index (κ2) is 7.62. The molecule has 24 heavy (non-hydrogen) atoms. The van der Waals surface area contributed by atoms with Gasteiger partial charge in [0, 0.05) is 19.1 Å². The van der Waals surface area contributed by atoms with Crippen molar-refractivity contribution in [2.75, 3.05) is 19.6 Å². The molecule has 1 aliphatic heterocycles. The number of furan rings is 1. The number of amides is 1. The SMILES string of the molecule is CCCN1CCC(NC(=O)c2ccc(-c3ccco3)nc2C)CC1. The van der Waals surface area contributed by atoms with Crippen LogP contribution in [0.1, 0.15) is 42.2 Å². The Morgan fingerprint density at radius 3 is 2.75 bits per heavy atom. The molecule has 1 amide bonds. The molecular weight excluding hydrogens is 302 g/mol. The number of carbonyl (C=O) groups excluding carboxylic acids is 1. The summed E-state index contributed by atoms with van der Waals surface area (Å²) < 4.78 is 5.36. The molecule has 5 nitrogen and oxygen atoms in total. The molecular formula is C19H25N3O2. The molecule has 0 saturated carbocycles. The number of aromatic nitrogens is 1. The van der Waals surface area contributed by atoms with Gasteiger partial charge in [-0.15, -0.1) is 0 Å². The van der Waals surface area contributed by atoms with Crippen molar-refractivity contribution in [2.45, 2.75) is 39.2 Å². The minimum Gasteiger partial charge on any atom is -0.463 e. The molecule has 1 N–H and O–H groups in total. The zero-order valence-corrected chi connectivity index (χ0v) is 14.4. The third-order valence-corrected chi connectivity index (χ3v) is 4.57. The van der Waals surface area contributed by atoms with Gasteiger partial charge in [0.15, 0.2) is 5.76 Å². The number of nitrogens with one attached hydrogen (secondary N) is 1. The van der Waals surface area contributed by atoms with Crippen LogP contribution in [-0.4, -0.2) is 41.5 Å². The zero-order chi connectivity index (χ0) is 16.9. The van der Waals surface area contributed by atoms with Crippen LogP contribution in [0.25, 0.3) is 11.5 Å². The number of aryl methyl sites for hydroxylation is 1. The van der Waals surface area contributed by atoms with E-state index in [9.17, 15) is 4.79 Å². The molecule has 0 aromatic carbocycles. The van der Waals surface area contributed by atoms with E-state index in [1.165, 1.54) is 6.42 Å². The maximum atomic E-state index is 12.6. The van der Waals surface area contributed by atoms with Crippen LogP contribution in [0.5, 0.6) is 0 Å². The molecule has 0 atom stereocenters. The number of hydrogen-bond acceptors (Lipinski definition) is 4. The highest BCUT2D eigenvalue weighted by atomic mass is 16.3. The van der Waals surface area contributed by atoms with Gasteiger partial charge in [-0.3, -0.25) is 4.79 Å². The molecule has 1 fully saturated rings. The highest BCUT2D eigenvalue weighted by Crippen LogP contribution is 2.20. The van der Waals surface area contributed by atoms with Crippen LogP contribution in [0.4, 0.5) is 0 Å². The molecule has 1 saturated heterocycles. The Balaban J connectivity index is 1.61. The lowest BCUT2D eigenvalue weighted by Crippen LogP contribution is -2.44. The van der Waals surface area contributed by atoms with Crippen molar-refractivity contribution in [1.82, 2.24) is 15.2 Å². The molecule has 0 unspecified atom stereocenters. The third-order valence-electron chi connectivity index (χ3n) is 4.57. The predicted molar refractivity (Wildman–Crippen MR) is 93.9 cm³/mol. The Morgan fingerprint density at radius 1 is 1.33 bits per heavy atom. The Kier molecular flexibility index (Phi) is 5.30. The van der Waals surface area contributed by atoms with Gasteiger partial charge in [0.05, 0.1) is 17.5 Å². The quantitative estimate of drug-likeness (QED) is 0.916. The van der Waals surface area contributed by atoms with E-state index in [0.29, 0.717) is 11.3 Å². The average Bonchev–Trinajstić information content (AvgIpc) is 3.11. The van der Waals surface area contributed by atoms with E-state index in [1.54, 1.807) is 6.26 Å². The van der Waals surface area contributed by atoms with Crippen LogP contribution < -0.4 is 5.32 Å². The Bertz CT molecular complexity index is 674. The van der Waals surface area contributed by atoms with Gasteiger partial charge in [-0.1, -0.05) is 6.92 Å². The maximum Gasteiger partial charge on any atom is 0.253 e. The predicted octanol–water partition coefficient (Wildman–Crippen LogP) is 3.25. The van der Waals surface area contributed by atoms with Crippen molar-refractivity contribution >= 4 is 5.91 Å². The molecule has 0 spiro atoms. The molecule has 128 valence electrons. The van der Waals surface area contributed by atoms with Gasteiger partial charge in [0.1, 0.15) is 5.69 Å². The van der Waals surface area contributed by atoms with E-state index in [1.807, 2.05) is 31.2 Å². The summed E-state index contributed by atoms with van der Waals surface area (Å²) >= 11 is 0. The van der Waals surface area contributed by atoms with Gasteiger partial charge < -0.3 is 14.6 Å². The van der Waals surface area contributed by atoms with Crippen LogP contribution in [0.2, 0.25) is 0 Å². The third kappa shape index (κ3) is 3.85. The summed E-state index contributed by atoms with van der Waals surface area (Å²) in [5.74, 6) is 0.688. The lowest BCUT2D eigenvalue weighted by atomic mass is 10.0. The number of carbonyl (C=O) groups is 1.